The van der Waals surface area contributed by atoms with E-state index in [2.05, 4.69) is 16.8 Å². The number of hydrogen-bond acceptors (Lipinski definition) is 2. The average Bonchev–Trinajstić information content (AvgIpc) is 2.75. The molecule has 0 aliphatic rings. The molecule has 0 bridgehead atoms. The van der Waals surface area contributed by atoms with E-state index in [4.69, 9.17) is 23.2 Å². The zero-order valence-corrected chi connectivity index (χ0v) is 9.91. The minimum absolute atomic E-state index is 0.560. The topological polar surface area (TPSA) is 30.7 Å². The van der Waals surface area contributed by atoms with Gasteiger partial charge in [0.05, 0.1) is 18.1 Å². The van der Waals surface area contributed by atoms with E-state index >= 15 is 0 Å². The summed E-state index contributed by atoms with van der Waals surface area (Å²) in [5.74, 6) is 0. The molecule has 3 nitrogen and oxygen atoms in total. The number of nitrogens with zero attached hydrogens (tertiary/aromatic N) is 3. The Bertz CT molecular complexity index is 506. The van der Waals surface area contributed by atoms with Crippen LogP contribution >= 0.6 is 23.2 Å². The third-order valence-electron chi connectivity index (χ3n) is 2.12. The van der Waals surface area contributed by atoms with Crippen molar-refractivity contribution in [1.29, 1.82) is 0 Å². The molecule has 1 heterocycles. The molecule has 0 saturated carbocycles. The van der Waals surface area contributed by atoms with Gasteiger partial charge in [0.1, 0.15) is 0 Å². The van der Waals surface area contributed by atoms with E-state index in [0.717, 1.165) is 11.3 Å². The van der Waals surface area contributed by atoms with Gasteiger partial charge in [0.2, 0.25) is 0 Å². The molecule has 0 saturated heterocycles. The summed E-state index contributed by atoms with van der Waals surface area (Å²) in [5.41, 5.74) is 1.69. The molecular formula is C11H9Cl2N3. The van der Waals surface area contributed by atoms with E-state index < -0.39 is 0 Å². The van der Waals surface area contributed by atoms with Gasteiger partial charge in [-0.05, 0) is 18.6 Å². The zero-order chi connectivity index (χ0) is 11.5. The number of aromatic nitrogens is 3. The summed E-state index contributed by atoms with van der Waals surface area (Å²) < 4.78 is 0. The third kappa shape index (κ3) is 2.10. The number of rotatable bonds is 3. The summed E-state index contributed by atoms with van der Waals surface area (Å²) >= 11 is 12.1. The number of halogens is 2. The van der Waals surface area contributed by atoms with E-state index in [-0.39, 0.29) is 0 Å². The maximum absolute atomic E-state index is 6.13. The van der Waals surface area contributed by atoms with Crippen LogP contribution in [0.15, 0.2) is 37.2 Å². The molecule has 2 rings (SSSR count). The summed E-state index contributed by atoms with van der Waals surface area (Å²) in [6, 6.07) is 3.49. The summed E-state index contributed by atoms with van der Waals surface area (Å²) in [6.45, 7) is 3.70. The molecule has 82 valence electrons. The lowest BCUT2D eigenvalue weighted by Gasteiger charge is -2.09. The fraction of sp³-hybridized carbons (Fsp3) is 0.0909. The van der Waals surface area contributed by atoms with Crippen molar-refractivity contribution < 1.29 is 0 Å². The van der Waals surface area contributed by atoms with Gasteiger partial charge in [-0.3, -0.25) is 0 Å². The van der Waals surface area contributed by atoms with Crippen molar-refractivity contribution in [2.45, 2.75) is 6.42 Å². The molecule has 0 radical (unpaired) electrons. The second-order valence-electron chi connectivity index (χ2n) is 3.20. The van der Waals surface area contributed by atoms with E-state index in [1.54, 1.807) is 30.6 Å². The number of benzene rings is 1. The van der Waals surface area contributed by atoms with Gasteiger partial charge in [0, 0.05) is 15.6 Å². The molecule has 0 fully saturated rings. The van der Waals surface area contributed by atoms with Gasteiger partial charge in [-0.1, -0.05) is 29.3 Å². The first-order valence-corrected chi connectivity index (χ1v) is 5.43. The quantitative estimate of drug-likeness (QED) is 0.787. The van der Waals surface area contributed by atoms with Crippen molar-refractivity contribution in [2.75, 3.05) is 0 Å². The first-order valence-electron chi connectivity index (χ1n) is 4.68. The van der Waals surface area contributed by atoms with Gasteiger partial charge in [0.15, 0.2) is 0 Å². The van der Waals surface area contributed by atoms with E-state index in [1.807, 2.05) is 0 Å². The zero-order valence-electron chi connectivity index (χ0n) is 8.40. The normalized spacial score (nSPS) is 10.4. The Morgan fingerprint density at radius 1 is 1.25 bits per heavy atom. The van der Waals surface area contributed by atoms with Crippen LogP contribution in [0.1, 0.15) is 5.56 Å². The Morgan fingerprint density at radius 2 is 1.94 bits per heavy atom. The highest BCUT2D eigenvalue weighted by molar-refractivity contribution is 6.35. The summed E-state index contributed by atoms with van der Waals surface area (Å²) in [4.78, 5) is 1.50. The predicted molar refractivity (Wildman–Crippen MR) is 65.3 cm³/mol. The standard InChI is InChI=1S/C11H9Cl2N3/c1-2-3-9-10(13)6-8(12)7-11(9)16-14-4-5-15-16/h2,4-7H,1,3H2. The molecule has 2 aromatic rings. The van der Waals surface area contributed by atoms with Gasteiger partial charge >= 0.3 is 0 Å². The van der Waals surface area contributed by atoms with Crippen LogP contribution in [-0.2, 0) is 6.42 Å². The first-order chi connectivity index (χ1) is 7.72. The van der Waals surface area contributed by atoms with Gasteiger partial charge in [-0.15, -0.1) is 6.58 Å². The Kier molecular flexibility index (Phi) is 3.27. The van der Waals surface area contributed by atoms with Gasteiger partial charge in [0.25, 0.3) is 0 Å². The van der Waals surface area contributed by atoms with Crippen LogP contribution in [0.2, 0.25) is 10.0 Å². The molecule has 0 atom stereocenters. The minimum atomic E-state index is 0.560. The lowest BCUT2D eigenvalue weighted by atomic mass is 10.1. The summed E-state index contributed by atoms with van der Waals surface area (Å²) in [5, 5.41) is 9.29. The second kappa shape index (κ2) is 4.68. The van der Waals surface area contributed by atoms with Crippen molar-refractivity contribution in [1.82, 2.24) is 15.0 Å². The molecule has 0 N–H and O–H groups in total. The van der Waals surface area contributed by atoms with Crippen molar-refractivity contribution in [3.8, 4) is 5.69 Å². The van der Waals surface area contributed by atoms with Gasteiger partial charge < -0.3 is 0 Å². The van der Waals surface area contributed by atoms with E-state index in [9.17, 15) is 0 Å². The molecule has 0 aliphatic carbocycles. The molecule has 0 spiro atoms. The van der Waals surface area contributed by atoms with Gasteiger partial charge in [-0.25, -0.2) is 0 Å². The highest BCUT2D eigenvalue weighted by Gasteiger charge is 2.10. The second-order valence-corrected chi connectivity index (χ2v) is 4.04. The van der Waals surface area contributed by atoms with E-state index in [0.29, 0.717) is 16.5 Å². The van der Waals surface area contributed by atoms with Crippen molar-refractivity contribution in [3.05, 3.63) is 52.8 Å². The number of hydrogen-bond donors (Lipinski definition) is 0. The van der Waals surface area contributed by atoms with Crippen molar-refractivity contribution >= 4 is 23.2 Å². The van der Waals surface area contributed by atoms with Crippen molar-refractivity contribution in [2.24, 2.45) is 0 Å². The average molecular weight is 254 g/mol. The van der Waals surface area contributed by atoms with Crippen LogP contribution in [0, 0.1) is 0 Å². The van der Waals surface area contributed by atoms with Crippen LogP contribution in [-0.4, -0.2) is 15.0 Å². The van der Waals surface area contributed by atoms with Crippen LogP contribution < -0.4 is 0 Å². The van der Waals surface area contributed by atoms with Crippen LogP contribution in [0.5, 0.6) is 0 Å². The maximum Gasteiger partial charge on any atom is 0.0921 e. The molecule has 1 aromatic carbocycles. The van der Waals surface area contributed by atoms with Crippen LogP contribution in [0.4, 0.5) is 0 Å². The molecule has 0 amide bonds. The highest BCUT2D eigenvalue weighted by atomic mass is 35.5. The minimum Gasteiger partial charge on any atom is -0.157 e. The summed E-state index contributed by atoms with van der Waals surface area (Å²) in [7, 11) is 0. The third-order valence-corrected chi connectivity index (χ3v) is 2.67. The predicted octanol–water partition coefficient (Wildman–Crippen LogP) is 3.30. The van der Waals surface area contributed by atoms with Crippen molar-refractivity contribution in [3.63, 3.8) is 0 Å². The first kappa shape index (κ1) is 11.2. The molecule has 5 heteroatoms. The monoisotopic (exact) mass is 253 g/mol. The van der Waals surface area contributed by atoms with Crippen LogP contribution in [0.3, 0.4) is 0 Å². The molecule has 0 unspecified atom stereocenters. The smallest absolute Gasteiger partial charge is 0.0921 e. The Balaban J connectivity index is 2.62. The van der Waals surface area contributed by atoms with Crippen LogP contribution in [0.25, 0.3) is 5.69 Å². The lowest BCUT2D eigenvalue weighted by Crippen LogP contribution is -2.03. The Labute approximate surface area is 103 Å². The number of allylic oxidation sites excluding steroid dienone is 1. The van der Waals surface area contributed by atoms with Gasteiger partial charge in [-0.2, -0.15) is 15.0 Å². The lowest BCUT2D eigenvalue weighted by molar-refractivity contribution is 0.745. The Hall–Kier alpha value is -1.32. The SMILES string of the molecule is C=CCc1c(Cl)cc(Cl)cc1-n1nccn1. The molecule has 1 aromatic heterocycles. The fourth-order valence-electron chi connectivity index (χ4n) is 1.45. The largest absolute Gasteiger partial charge is 0.157 e. The molecular weight excluding hydrogens is 245 g/mol. The molecule has 0 aliphatic heterocycles. The summed E-state index contributed by atoms with van der Waals surface area (Å²) in [6.07, 6.45) is 5.63. The maximum atomic E-state index is 6.13. The fourth-order valence-corrected chi connectivity index (χ4v) is 2.01. The Morgan fingerprint density at radius 3 is 2.56 bits per heavy atom. The van der Waals surface area contributed by atoms with E-state index in [1.165, 1.54) is 4.80 Å². The molecule has 16 heavy (non-hydrogen) atoms. The highest BCUT2D eigenvalue weighted by Crippen LogP contribution is 2.27.